The molecule has 0 aliphatic carbocycles. The van der Waals surface area contributed by atoms with Gasteiger partial charge in [0.05, 0.1) is 17.4 Å². The van der Waals surface area contributed by atoms with Gasteiger partial charge in [-0.1, -0.05) is 30.3 Å². The smallest absolute Gasteiger partial charge is 0.255 e. The quantitative estimate of drug-likeness (QED) is 0.539. The number of Topliss-reactive ketones (excluding diaryl/α,β-unsaturated/α-hetero) is 1. The third kappa shape index (κ3) is 4.30. The molecule has 0 fully saturated rings. The number of para-hydroxylation sites is 2. The lowest BCUT2D eigenvalue weighted by atomic mass is 9.99. The van der Waals surface area contributed by atoms with Gasteiger partial charge >= 0.3 is 0 Å². The van der Waals surface area contributed by atoms with Gasteiger partial charge in [-0.25, -0.2) is 0 Å². The van der Waals surface area contributed by atoms with Crippen molar-refractivity contribution in [2.45, 2.75) is 18.9 Å². The molecule has 5 N–H and O–H groups in total. The number of allylic oxidation sites excluding steroid dienone is 1. The standard InChI is InChI=1S/C19H21N3O2/c1-2-3-8-17(23)18(21)13-9-11-14(12-10-13)19(24)22-16-7-5-4-6-15(16)20/h2,4-7,9-12,18H,1,3,8,20-21H2,(H,22,24). The SMILES string of the molecule is C=CCCC(=O)C(N)c1ccc(C(=O)Nc2ccccc2N)cc1. The summed E-state index contributed by atoms with van der Waals surface area (Å²) in [6.07, 6.45) is 2.65. The maximum Gasteiger partial charge on any atom is 0.255 e. The van der Waals surface area contributed by atoms with E-state index >= 15 is 0 Å². The van der Waals surface area contributed by atoms with Crippen LogP contribution >= 0.6 is 0 Å². The summed E-state index contributed by atoms with van der Waals surface area (Å²) in [5.74, 6) is -0.324. The number of nitrogen functional groups attached to an aromatic ring is 1. The van der Waals surface area contributed by atoms with Gasteiger partial charge < -0.3 is 16.8 Å². The number of carbonyl (C=O) groups excluding carboxylic acids is 2. The van der Waals surface area contributed by atoms with Crippen LogP contribution in [0, 0.1) is 0 Å². The highest BCUT2D eigenvalue weighted by atomic mass is 16.1. The fourth-order valence-corrected chi connectivity index (χ4v) is 2.23. The number of nitrogens with one attached hydrogen (secondary N) is 1. The first-order chi connectivity index (χ1) is 11.5. The minimum absolute atomic E-state index is 0.0517. The maximum absolute atomic E-state index is 12.2. The van der Waals surface area contributed by atoms with Crippen LogP contribution in [-0.4, -0.2) is 11.7 Å². The molecule has 124 valence electrons. The van der Waals surface area contributed by atoms with E-state index in [1.807, 2.05) is 0 Å². The lowest BCUT2D eigenvalue weighted by Gasteiger charge is -2.12. The molecule has 24 heavy (non-hydrogen) atoms. The molecular weight excluding hydrogens is 302 g/mol. The van der Waals surface area contributed by atoms with Crippen molar-refractivity contribution in [3.8, 4) is 0 Å². The summed E-state index contributed by atoms with van der Waals surface area (Å²) >= 11 is 0. The summed E-state index contributed by atoms with van der Waals surface area (Å²) in [5, 5.41) is 2.75. The number of rotatable bonds is 7. The van der Waals surface area contributed by atoms with E-state index < -0.39 is 6.04 Å². The second-order valence-corrected chi connectivity index (χ2v) is 5.43. The largest absolute Gasteiger partial charge is 0.397 e. The van der Waals surface area contributed by atoms with E-state index in [9.17, 15) is 9.59 Å². The second-order valence-electron chi connectivity index (χ2n) is 5.43. The molecule has 2 aromatic rings. The number of anilines is 2. The average molecular weight is 323 g/mol. The first-order valence-electron chi connectivity index (χ1n) is 7.68. The molecule has 1 unspecified atom stereocenters. The molecule has 5 heteroatoms. The monoisotopic (exact) mass is 323 g/mol. The Morgan fingerprint density at radius 3 is 2.42 bits per heavy atom. The molecule has 0 bridgehead atoms. The second kappa shape index (κ2) is 8.08. The molecule has 0 aliphatic rings. The Bertz CT molecular complexity index is 739. The van der Waals surface area contributed by atoms with Gasteiger partial charge in [-0.05, 0) is 36.2 Å². The number of carbonyl (C=O) groups is 2. The Morgan fingerprint density at radius 1 is 1.12 bits per heavy atom. The van der Waals surface area contributed by atoms with Crippen molar-refractivity contribution >= 4 is 23.1 Å². The van der Waals surface area contributed by atoms with Crippen LogP contribution in [0.5, 0.6) is 0 Å². The van der Waals surface area contributed by atoms with E-state index in [0.29, 0.717) is 35.3 Å². The maximum atomic E-state index is 12.2. The molecule has 0 saturated heterocycles. The van der Waals surface area contributed by atoms with E-state index in [-0.39, 0.29) is 11.7 Å². The predicted molar refractivity (Wildman–Crippen MR) is 96.6 cm³/mol. The fourth-order valence-electron chi connectivity index (χ4n) is 2.23. The molecule has 0 saturated carbocycles. The van der Waals surface area contributed by atoms with Crippen molar-refractivity contribution in [3.05, 3.63) is 72.3 Å². The Kier molecular flexibility index (Phi) is 5.87. The van der Waals surface area contributed by atoms with Crippen molar-refractivity contribution in [1.82, 2.24) is 0 Å². The van der Waals surface area contributed by atoms with Gasteiger partial charge in [0.15, 0.2) is 5.78 Å². The zero-order valence-corrected chi connectivity index (χ0v) is 13.4. The number of benzene rings is 2. The normalized spacial score (nSPS) is 11.5. The van der Waals surface area contributed by atoms with Crippen molar-refractivity contribution in [2.24, 2.45) is 5.73 Å². The molecule has 0 spiro atoms. The van der Waals surface area contributed by atoms with Gasteiger partial charge in [0.2, 0.25) is 0 Å². The van der Waals surface area contributed by atoms with Crippen LogP contribution in [0.4, 0.5) is 11.4 Å². The molecule has 2 rings (SSSR count). The van der Waals surface area contributed by atoms with Crippen LogP contribution in [0.1, 0.15) is 34.8 Å². The summed E-state index contributed by atoms with van der Waals surface area (Å²) in [4.78, 5) is 24.2. The topological polar surface area (TPSA) is 98.2 Å². The van der Waals surface area contributed by atoms with Crippen LogP contribution < -0.4 is 16.8 Å². The molecule has 2 aromatic carbocycles. The first kappa shape index (κ1) is 17.4. The minimum Gasteiger partial charge on any atom is -0.397 e. The summed E-state index contributed by atoms with van der Waals surface area (Å²) in [5.41, 5.74) is 14.0. The zero-order chi connectivity index (χ0) is 17.5. The highest BCUT2D eigenvalue weighted by Gasteiger charge is 2.15. The van der Waals surface area contributed by atoms with Gasteiger partial charge in [0.1, 0.15) is 0 Å². The lowest BCUT2D eigenvalue weighted by Crippen LogP contribution is -2.21. The number of hydrogen-bond acceptors (Lipinski definition) is 4. The molecule has 0 radical (unpaired) electrons. The molecule has 1 amide bonds. The molecular formula is C19H21N3O2. The van der Waals surface area contributed by atoms with Crippen molar-refractivity contribution in [3.63, 3.8) is 0 Å². The van der Waals surface area contributed by atoms with Crippen molar-refractivity contribution < 1.29 is 9.59 Å². The highest BCUT2D eigenvalue weighted by molar-refractivity contribution is 6.05. The summed E-state index contributed by atoms with van der Waals surface area (Å²) in [6.45, 7) is 3.59. The Morgan fingerprint density at radius 2 is 1.79 bits per heavy atom. The summed E-state index contributed by atoms with van der Waals surface area (Å²) in [6, 6.07) is 13.0. The van der Waals surface area contributed by atoms with Gasteiger partial charge in [-0.3, -0.25) is 9.59 Å². The van der Waals surface area contributed by atoms with Gasteiger partial charge in [0, 0.05) is 12.0 Å². The van der Waals surface area contributed by atoms with Crippen molar-refractivity contribution in [2.75, 3.05) is 11.1 Å². The van der Waals surface area contributed by atoms with E-state index in [2.05, 4.69) is 11.9 Å². The number of ketones is 1. The third-order valence-corrected chi connectivity index (χ3v) is 3.68. The average Bonchev–Trinajstić information content (AvgIpc) is 2.61. The molecule has 5 nitrogen and oxygen atoms in total. The number of nitrogens with two attached hydrogens (primary N) is 2. The number of amides is 1. The van der Waals surface area contributed by atoms with Crippen LogP contribution in [-0.2, 0) is 4.79 Å². The van der Waals surface area contributed by atoms with E-state index in [1.165, 1.54) is 0 Å². The highest BCUT2D eigenvalue weighted by Crippen LogP contribution is 2.19. The summed E-state index contributed by atoms with van der Waals surface area (Å²) < 4.78 is 0. The van der Waals surface area contributed by atoms with Crippen LogP contribution in [0.15, 0.2) is 61.2 Å². The van der Waals surface area contributed by atoms with Crippen LogP contribution in [0.2, 0.25) is 0 Å². The van der Waals surface area contributed by atoms with E-state index in [4.69, 9.17) is 11.5 Å². The van der Waals surface area contributed by atoms with Crippen LogP contribution in [0.25, 0.3) is 0 Å². The lowest BCUT2D eigenvalue weighted by molar-refractivity contribution is -0.120. The van der Waals surface area contributed by atoms with Gasteiger partial charge in [-0.2, -0.15) is 0 Å². The molecule has 0 heterocycles. The van der Waals surface area contributed by atoms with Gasteiger partial charge in [0.25, 0.3) is 5.91 Å². The number of hydrogen-bond donors (Lipinski definition) is 3. The fraction of sp³-hybridized carbons (Fsp3) is 0.158. The first-order valence-corrected chi connectivity index (χ1v) is 7.68. The Hall–Kier alpha value is -2.92. The predicted octanol–water partition coefficient (Wildman–Crippen LogP) is 3.06. The van der Waals surface area contributed by atoms with Crippen molar-refractivity contribution in [1.29, 1.82) is 0 Å². The minimum atomic E-state index is -0.688. The molecule has 0 aliphatic heterocycles. The zero-order valence-electron chi connectivity index (χ0n) is 13.4. The Labute approximate surface area is 141 Å². The van der Waals surface area contributed by atoms with Gasteiger partial charge in [-0.15, -0.1) is 6.58 Å². The van der Waals surface area contributed by atoms with Crippen LogP contribution in [0.3, 0.4) is 0 Å². The van der Waals surface area contributed by atoms with E-state index in [1.54, 1.807) is 54.6 Å². The van der Waals surface area contributed by atoms with E-state index in [0.717, 1.165) is 0 Å². The molecule has 1 atom stereocenters. The third-order valence-electron chi connectivity index (χ3n) is 3.68. The Balaban J connectivity index is 2.06. The molecule has 0 aromatic heterocycles. The summed E-state index contributed by atoms with van der Waals surface area (Å²) in [7, 11) is 0.